The number of benzene rings is 1. The second-order valence-corrected chi connectivity index (χ2v) is 6.21. The lowest BCUT2D eigenvalue weighted by molar-refractivity contribution is 0.197. The molecule has 1 rings (SSSR count). The van der Waals surface area contributed by atoms with Crippen molar-refractivity contribution < 1.29 is 13.6 Å². The summed E-state index contributed by atoms with van der Waals surface area (Å²) in [4.78, 5) is 0. The van der Waals surface area contributed by atoms with Crippen molar-refractivity contribution in [1.82, 2.24) is 0 Å². The summed E-state index contributed by atoms with van der Waals surface area (Å²) in [5, 5.41) is 0. The summed E-state index contributed by atoms with van der Waals surface area (Å²) >= 11 is 0. The molecule has 5 heteroatoms. The van der Waals surface area contributed by atoms with Gasteiger partial charge >= 0.3 is 7.60 Å². The van der Waals surface area contributed by atoms with Crippen molar-refractivity contribution >= 4 is 7.60 Å². The van der Waals surface area contributed by atoms with E-state index in [2.05, 4.69) is 0 Å². The second kappa shape index (κ2) is 7.70. The predicted octanol–water partition coefficient (Wildman–Crippen LogP) is 3.69. The Labute approximate surface area is 109 Å². The van der Waals surface area contributed by atoms with Crippen LogP contribution in [0.1, 0.15) is 38.0 Å². The second-order valence-electron chi connectivity index (χ2n) is 4.06. The molecule has 4 nitrogen and oxygen atoms in total. The maximum Gasteiger partial charge on any atom is 0.351 e. The maximum atomic E-state index is 12.7. The van der Waals surface area contributed by atoms with Crippen LogP contribution in [0.4, 0.5) is 0 Å². The van der Waals surface area contributed by atoms with Crippen LogP contribution in [0.5, 0.6) is 0 Å². The fourth-order valence-electron chi connectivity index (χ4n) is 1.47. The van der Waals surface area contributed by atoms with E-state index < -0.39 is 13.4 Å². The van der Waals surface area contributed by atoms with Gasteiger partial charge in [0, 0.05) is 0 Å². The van der Waals surface area contributed by atoms with Gasteiger partial charge in [0.15, 0.2) is 0 Å². The molecule has 1 atom stereocenters. The molecular weight excluding hydrogens is 249 g/mol. The molecule has 0 amide bonds. The first-order valence-electron chi connectivity index (χ1n) is 6.33. The van der Waals surface area contributed by atoms with E-state index in [4.69, 9.17) is 14.8 Å². The van der Waals surface area contributed by atoms with Gasteiger partial charge in [-0.15, -0.1) is 0 Å². The number of rotatable bonds is 8. The third-order valence-electron chi connectivity index (χ3n) is 2.43. The minimum atomic E-state index is -3.29. The van der Waals surface area contributed by atoms with Gasteiger partial charge in [-0.1, -0.05) is 44.2 Å². The Bertz CT molecular complexity index is 371. The summed E-state index contributed by atoms with van der Waals surface area (Å²) in [7, 11) is -3.29. The van der Waals surface area contributed by atoms with E-state index in [1.807, 2.05) is 44.2 Å². The highest BCUT2D eigenvalue weighted by Gasteiger charge is 2.34. The van der Waals surface area contributed by atoms with Gasteiger partial charge in [0.2, 0.25) is 0 Å². The Balaban J connectivity index is 2.84. The van der Waals surface area contributed by atoms with Gasteiger partial charge < -0.3 is 14.8 Å². The minimum Gasteiger partial charge on any atom is -0.314 e. The molecule has 0 radical (unpaired) electrons. The van der Waals surface area contributed by atoms with Crippen molar-refractivity contribution in [3.63, 3.8) is 0 Å². The Morgan fingerprint density at radius 3 is 2.06 bits per heavy atom. The van der Waals surface area contributed by atoms with Gasteiger partial charge in [0.1, 0.15) is 5.78 Å². The van der Waals surface area contributed by atoms with Gasteiger partial charge in [-0.25, -0.2) is 0 Å². The number of nitrogens with two attached hydrogens (primary N) is 1. The number of hydrogen-bond acceptors (Lipinski definition) is 4. The first-order chi connectivity index (χ1) is 8.64. The molecule has 0 bridgehead atoms. The van der Waals surface area contributed by atoms with Crippen LogP contribution >= 0.6 is 7.60 Å². The van der Waals surface area contributed by atoms with Gasteiger partial charge in [-0.05, 0) is 18.4 Å². The van der Waals surface area contributed by atoms with Crippen LogP contribution in [0.25, 0.3) is 0 Å². The normalized spacial score (nSPS) is 13.5. The van der Waals surface area contributed by atoms with Gasteiger partial charge in [-0.2, -0.15) is 0 Å². The highest BCUT2D eigenvalue weighted by Crippen LogP contribution is 2.58. The van der Waals surface area contributed by atoms with Crippen molar-refractivity contribution in [2.24, 2.45) is 5.73 Å². The van der Waals surface area contributed by atoms with E-state index in [1.165, 1.54) is 0 Å². The molecule has 1 aromatic carbocycles. The van der Waals surface area contributed by atoms with E-state index >= 15 is 0 Å². The zero-order valence-corrected chi connectivity index (χ0v) is 11.9. The van der Waals surface area contributed by atoms with E-state index in [9.17, 15) is 4.57 Å². The summed E-state index contributed by atoms with van der Waals surface area (Å²) in [6.07, 6.45) is 1.56. The van der Waals surface area contributed by atoms with Crippen LogP contribution in [0.15, 0.2) is 30.3 Å². The molecule has 18 heavy (non-hydrogen) atoms. The largest absolute Gasteiger partial charge is 0.351 e. The van der Waals surface area contributed by atoms with Crippen LogP contribution in [0.3, 0.4) is 0 Å². The van der Waals surface area contributed by atoms with Crippen LogP contribution in [0, 0.1) is 0 Å². The molecule has 1 unspecified atom stereocenters. The van der Waals surface area contributed by atoms with Crippen molar-refractivity contribution in [1.29, 1.82) is 0 Å². The molecule has 102 valence electrons. The number of hydrogen-bond donors (Lipinski definition) is 1. The topological polar surface area (TPSA) is 61.5 Å². The highest BCUT2D eigenvalue weighted by molar-refractivity contribution is 7.54. The van der Waals surface area contributed by atoms with Crippen LogP contribution < -0.4 is 5.73 Å². The quantitative estimate of drug-likeness (QED) is 0.732. The molecule has 0 heterocycles. The SMILES string of the molecule is CCCOP(=O)(OCCC)C(N)c1ccccc1. The highest BCUT2D eigenvalue weighted by atomic mass is 31.2. The zero-order valence-electron chi connectivity index (χ0n) is 11.0. The van der Waals surface area contributed by atoms with E-state index in [1.54, 1.807) is 0 Å². The van der Waals surface area contributed by atoms with Crippen molar-refractivity contribution in [2.45, 2.75) is 32.5 Å². The van der Waals surface area contributed by atoms with Crippen LogP contribution in [-0.4, -0.2) is 13.2 Å². The monoisotopic (exact) mass is 271 g/mol. The molecule has 0 aliphatic carbocycles. The lowest BCUT2D eigenvalue weighted by Gasteiger charge is -2.24. The van der Waals surface area contributed by atoms with E-state index in [0.29, 0.717) is 13.2 Å². The van der Waals surface area contributed by atoms with Gasteiger partial charge in [-0.3, -0.25) is 4.57 Å². The van der Waals surface area contributed by atoms with Crippen LogP contribution in [0.2, 0.25) is 0 Å². The first kappa shape index (κ1) is 15.4. The molecule has 2 N–H and O–H groups in total. The maximum absolute atomic E-state index is 12.7. The lowest BCUT2D eigenvalue weighted by Crippen LogP contribution is -2.15. The standard InChI is InChI=1S/C13H22NO3P/c1-3-10-16-18(15,17-11-4-2)13(14)12-8-6-5-7-9-12/h5-9,13H,3-4,10-11,14H2,1-2H3. The zero-order chi connectivity index (χ0) is 13.4. The Kier molecular flexibility index (Phi) is 6.58. The minimum absolute atomic E-state index is 0.390. The van der Waals surface area contributed by atoms with Crippen molar-refractivity contribution in [3.05, 3.63) is 35.9 Å². The molecule has 0 fully saturated rings. The van der Waals surface area contributed by atoms with E-state index in [-0.39, 0.29) is 0 Å². The predicted molar refractivity (Wildman–Crippen MR) is 73.5 cm³/mol. The summed E-state index contributed by atoms with van der Waals surface area (Å²) in [6, 6.07) is 9.28. The summed E-state index contributed by atoms with van der Waals surface area (Å²) in [5.41, 5.74) is 6.81. The Hall–Kier alpha value is -0.670. The van der Waals surface area contributed by atoms with E-state index in [0.717, 1.165) is 18.4 Å². The average Bonchev–Trinajstić information content (AvgIpc) is 2.43. The molecule has 0 saturated heterocycles. The fraction of sp³-hybridized carbons (Fsp3) is 0.538. The lowest BCUT2D eigenvalue weighted by atomic mass is 10.2. The van der Waals surface area contributed by atoms with Crippen molar-refractivity contribution in [3.8, 4) is 0 Å². The molecule has 0 aliphatic heterocycles. The van der Waals surface area contributed by atoms with Crippen molar-refractivity contribution in [2.75, 3.05) is 13.2 Å². The third-order valence-corrected chi connectivity index (χ3v) is 4.50. The summed E-state index contributed by atoms with van der Waals surface area (Å²) in [6.45, 7) is 4.69. The molecule has 0 spiro atoms. The molecule has 0 saturated carbocycles. The average molecular weight is 271 g/mol. The smallest absolute Gasteiger partial charge is 0.314 e. The Morgan fingerprint density at radius 1 is 1.11 bits per heavy atom. The van der Waals surface area contributed by atoms with Gasteiger partial charge in [0.05, 0.1) is 13.2 Å². The van der Waals surface area contributed by atoms with Crippen LogP contribution in [-0.2, 0) is 13.6 Å². The van der Waals surface area contributed by atoms with Gasteiger partial charge in [0.25, 0.3) is 0 Å². The molecular formula is C13H22NO3P. The fourth-order valence-corrected chi connectivity index (χ4v) is 3.27. The Morgan fingerprint density at radius 2 is 1.61 bits per heavy atom. The molecule has 1 aromatic rings. The summed E-state index contributed by atoms with van der Waals surface area (Å²) in [5.74, 6) is -0.725. The summed E-state index contributed by atoms with van der Waals surface area (Å²) < 4.78 is 23.5. The first-order valence-corrected chi connectivity index (χ1v) is 7.94. The molecule has 0 aliphatic rings. The molecule has 0 aromatic heterocycles. The third kappa shape index (κ3) is 4.21.